The number of sulfone groups is 1. The molecule has 1 saturated heterocycles. The topological polar surface area (TPSA) is 146 Å². The number of rotatable bonds is 5. The van der Waals surface area contributed by atoms with Crippen molar-refractivity contribution in [3.8, 4) is 0 Å². The van der Waals surface area contributed by atoms with E-state index in [1.165, 1.54) is 18.0 Å². The highest BCUT2D eigenvalue weighted by Crippen LogP contribution is 2.07. The maximum Gasteiger partial charge on any atom is 0.257 e. The van der Waals surface area contributed by atoms with Gasteiger partial charge >= 0.3 is 0 Å². The molecule has 2 heterocycles. The Labute approximate surface area is 172 Å². The molecule has 1 atom stereocenters. The van der Waals surface area contributed by atoms with Crippen LogP contribution in [0.5, 0.6) is 0 Å². The van der Waals surface area contributed by atoms with Gasteiger partial charge in [-0.25, -0.2) is 8.42 Å². The van der Waals surface area contributed by atoms with Gasteiger partial charge < -0.3 is 20.5 Å². The van der Waals surface area contributed by atoms with E-state index in [9.17, 15) is 27.6 Å². The van der Waals surface area contributed by atoms with Gasteiger partial charge in [-0.05, 0) is 19.1 Å². The summed E-state index contributed by atoms with van der Waals surface area (Å²) in [7, 11) is -3.12. The van der Waals surface area contributed by atoms with Gasteiger partial charge in [0.25, 0.3) is 5.91 Å². The Hall–Kier alpha value is -3.21. The molecular formula is C19H22N4O6S. The first-order valence-corrected chi connectivity index (χ1v) is 11.2. The lowest BCUT2D eigenvalue weighted by molar-refractivity contribution is -0.135. The smallest absolute Gasteiger partial charge is 0.257 e. The second kappa shape index (κ2) is 8.66. The number of aromatic nitrogens is 1. The predicted molar refractivity (Wildman–Crippen MR) is 110 cm³/mol. The fourth-order valence-corrected chi connectivity index (χ4v) is 4.35. The first kappa shape index (κ1) is 21.5. The number of hydrogen-bond acceptors (Lipinski definition) is 6. The minimum Gasteiger partial charge on any atom is -0.360 e. The van der Waals surface area contributed by atoms with E-state index in [4.69, 9.17) is 0 Å². The zero-order valence-electron chi connectivity index (χ0n) is 16.3. The molecule has 3 N–H and O–H groups in total. The third kappa shape index (κ3) is 4.85. The second-order valence-electron chi connectivity index (χ2n) is 7.03. The lowest BCUT2D eigenvalue weighted by atomic mass is 10.1. The Bertz CT molecular complexity index is 1140. The van der Waals surface area contributed by atoms with Crippen LogP contribution in [-0.2, 0) is 19.4 Å². The number of carbonyl (C=O) groups is 3. The maximum atomic E-state index is 12.4. The summed E-state index contributed by atoms with van der Waals surface area (Å²) in [5.41, 5.74) is 0.0145. The number of hydrogen-bond donors (Lipinski definition) is 3. The number of carbonyl (C=O) groups excluding carboxylic acids is 3. The molecule has 3 amide bonds. The fourth-order valence-electron chi connectivity index (χ4n) is 3.15. The van der Waals surface area contributed by atoms with E-state index in [2.05, 4.69) is 15.6 Å². The van der Waals surface area contributed by atoms with Crippen molar-refractivity contribution >= 4 is 38.5 Å². The van der Waals surface area contributed by atoms with Gasteiger partial charge in [0.05, 0.1) is 18.1 Å². The fraction of sp³-hybridized carbons (Fsp3) is 0.368. The monoisotopic (exact) mass is 434 g/mol. The lowest BCUT2D eigenvalue weighted by Crippen LogP contribution is -2.53. The highest BCUT2D eigenvalue weighted by Gasteiger charge is 2.28. The average Bonchev–Trinajstić information content (AvgIpc) is 2.72. The number of amides is 3. The van der Waals surface area contributed by atoms with E-state index in [1.54, 1.807) is 24.3 Å². The molecule has 30 heavy (non-hydrogen) atoms. The van der Waals surface area contributed by atoms with Crippen molar-refractivity contribution in [1.29, 1.82) is 0 Å². The molecule has 0 aliphatic carbocycles. The molecule has 10 nitrogen and oxygen atoms in total. The molecule has 1 fully saturated rings. The summed E-state index contributed by atoms with van der Waals surface area (Å²) >= 11 is 0. The number of para-hydroxylation sites is 1. The first-order chi connectivity index (χ1) is 14.2. The number of aromatic amines is 1. The van der Waals surface area contributed by atoms with Gasteiger partial charge in [-0.2, -0.15) is 0 Å². The van der Waals surface area contributed by atoms with Crippen LogP contribution < -0.4 is 16.1 Å². The van der Waals surface area contributed by atoms with Crippen molar-refractivity contribution in [3.05, 3.63) is 46.2 Å². The Morgan fingerprint density at radius 2 is 1.83 bits per heavy atom. The van der Waals surface area contributed by atoms with Gasteiger partial charge in [-0.15, -0.1) is 0 Å². The van der Waals surface area contributed by atoms with Crippen molar-refractivity contribution in [1.82, 2.24) is 20.5 Å². The third-order valence-corrected chi connectivity index (χ3v) is 6.46. The number of nitrogens with one attached hydrogen (secondary N) is 3. The molecule has 0 radical (unpaired) electrons. The molecule has 0 bridgehead atoms. The van der Waals surface area contributed by atoms with Crippen LogP contribution in [0.15, 0.2) is 35.3 Å². The van der Waals surface area contributed by atoms with Crippen molar-refractivity contribution in [2.45, 2.75) is 13.0 Å². The van der Waals surface area contributed by atoms with Crippen LogP contribution in [0.2, 0.25) is 0 Å². The first-order valence-electron chi connectivity index (χ1n) is 9.35. The molecule has 160 valence electrons. The van der Waals surface area contributed by atoms with Crippen LogP contribution in [-0.4, -0.2) is 73.2 Å². The SMILES string of the molecule is CC(NC(=O)CNC(=O)c1c[nH]c2ccccc2c1=O)C(=O)N1CCS(=O)(=O)CC1. The highest BCUT2D eigenvalue weighted by atomic mass is 32.2. The molecule has 0 spiro atoms. The third-order valence-electron chi connectivity index (χ3n) is 4.85. The van der Waals surface area contributed by atoms with Crippen LogP contribution in [0.4, 0.5) is 0 Å². The van der Waals surface area contributed by atoms with Gasteiger partial charge in [0.1, 0.15) is 11.6 Å². The van der Waals surface area contributed by atoms with Crippen LogP contribution in [0.1, 0.15) is 17.3 Å². The zero-order valence-corrected chi connectivity index (χ0v) is 17.1. The number of H-pyrrole nitrogens is 1. The van der Waals surface area contributed by atoms with Crippen molar-refractivity contribution in [3.63, 3.8) is 0 Å². The molecule has 3 rings (SSSR count). The quantitative estimate of drug-likeness (QED) is 0.551. The zero-order chi connectivity index (χ0) is 21.9. The molecule has 11 heteroatoms. The van der Waals surface area contributed by atoms with E-state index in [-0.39, 0.29) is 30.2 Å². The molecule has 1 aliphatic rings. The summed E-state index contributed by atoms with van der Waals surface area (Å²) in [6.45, 7) is 1.24. The predicted octanol–water partition coefficient (Wildman–Crippen LogP) is -0.980. The van der Waals surface area contributed by atoms with Crippen molar-refractivity contribution in [2.75, 3.05) is 31.1 Å². The van der Waals surface area contributed by atoms with Gasteiger partial charge in [0.2, 0.25) is 17.2 Å². The summed E-state index contributed by atoms with van der Waals surface area (Å²) in [5.74, 6) is -1.91. The summed E-state index contributed by atoms with van der Waals surface area (Å²) in [6, 6.07) is 5.87. The summed E-state index contributed by atoms with van der Waals surface area (Å²) in [6.07, 6.45) is 1.29. The summed E-state index contributed by atoms with van der Waals surface area (Å²) in [5, 5.41) is 5.19. The van der Waals surface area contributed by atoms with E-state index >= 15 is 0 Å². The summed E-state index contributed by atoms with van der Waals surface area (Å²) in [4.78, 5) is 53.4. The lowest BCUT2D eigenvalue weighted by Gasteiger charge is -2.29. The number of fused-ring (bicyclic) bond motifs is 1. The van der Waals surface area contributed by atoms with Gasteiger partial charge in [-0.3, -0.25) is 19.2 Å². The molecule has 1 aromatic heterocycles. The van der Waals surface area contributed by atoms with Crippen LogP contribution in [0.25, 0.3) is 10.9 Å². The maximum absolute atomic E-state index is 12.4. The van der Waals surface area contributed by atoms with Gasteiger partial charge in [0, 0.05) is 30.2 Å². The minimum absolute atomic E-state index is 0.0862. The van der Waals surface area contributed by atoms with Crippen LogP contribution >= 0.6 is 0 Å². The Morgan fingerprint density at radius 1 is 1.17 bits per heavy atom. The molecule has 1 aromatic carbocycles. The number of nitrogens with zero attached hydrogens (tertiary/aromatic N) is 1. The molecule has 1 aliphatic heterocycles. The summed E-state index contributed by atoms with van der Waals surface area (Å²) < 4.78 is 22.9. The molecule has 1 unspecified atom stereocenters. The van der Waals surface area contributed by atoms with E-state index in [0.717, 1.165) is 0 Å². The number of pyridine rings is 1. The normalized spacial score (nSPS) is 16.6. The average molecular weight is 434 g/mol. The Morgan fingerprint density at radius 3 is 2.53 bits per heavy atom. The largest absolute Gasteiger partial charge is 0.360 e. The van der Waals surface area contributed by atoms with Crippen molar-refractivity contribution < 1.29 is 22.8 Å². The van der Waals surface area contributed by atoms with Crippen molar-refractivity contribution in [2.24, 2.45) is 0 Å². The van der Waals surface area contributed by atoms with Gasteiger partial charge in [-0.1, -0.05) is 12.1 Å². The molecular weight excluding hydrogens is 412 g/mol. The Kier molecular flexibility index (Phi) is 6.20. The van der Waals surface area contributed by atoms with E-state index in [0.29, 0.717) is 10.9 Å². The van der Waals surface area contributed by atoms with Crippen LogP contribution in [0, 0.1) is 0 Å². The molecule has 0 saturated carbocycles. The minimum atomic E-state index is -3.12. The van der Waals surface area contributed by atoms with E-state index in [1.807, 2.05) is 0 Å². The van der Waals surface area contributed by atoms with E-state index < -0.39 is 45.6 Å². The molecule has 2 aromatic rings. The Balaban J connectivity index is 1.54. The standard InChI is InChI=1S/C19H22N4O6S/c1-12(19(27)23-6-8-30(28,29)9-7-23)22-16(24)11-21-18(26)14-10-20-15-5-3-2-4-13(15)17(14)25/h2-5,10,12H,6-9,11H2,1H3,(H,20,25)(H,21,26)(H,22,24). The van der Waals surface area contributed by atoms with Gasteiger partial charge in [0.15, 0.2) is 9.84 Å². The number of benzene rings is 1. The van der Waals surface area contributed by atoms with Crippen LogP contribution in [0.3, 0.4) is 0 Å². The highest BCUT2D eigenvalue weighted by molar-refractivity contribution is 7.91. The second-order valence-corrected chi connectivity index (χ2v) is 9.33.